The molecule has 1 unspecified atom stereocenters. The van der Waals surface area contributed by atoms with Gasteiger partial charge in [0.15, 0.2) is 0 Å². The maximum atomic E-state index is 12.4. The Balaban J connectivity index is 2.78. The number of hydrogen-bond donors (Lipinski definition) is 0. The normalized spacial score (nSPS) is 17.7. The summed E-state index contributed by atoms with van der Waals surface area (Å²) in [7, 11) is 0. The van der Waals surface area contributed by atoms with Gasteiger partial charge >= 0.3 is 6.18 Å². The molecule has 2 amide bonds. The second-order valence-electron chi connectivity index (χ2n) is 4.58. The van der Waals surface area contributed by atoms with Crippen molar-refractivity contribution in [2.24, 2.45) is 0 Å². The van der Waals surface area contributed by atoms with E-state index in [2.05, 4.69) is 0 Å². The van der Waals surface area contributed by atoms with E-state index in [-0.39, 0.29) is 12.5 Å². The zero-order valence-electron chi connectivity index (χ0n) is 11.2. The van der Waals surface area contributed by atoms with Gasteiger partial charge in [-0.3, -0.25) is 9.59 Å². The summed E-state index contributed by atoms with van der Waals surface area (Å²) in [6.45, 7) is 2.38. The molecule has 7 heteroatoms. The summed E-state index contributed by atoms with van der Waals surface area (Å²) in [5.74, 6) is -0.763. The van der Waals surface area contributed by atoms with E-state index in [0.717, 1.165) is 4.90 Å². The highest BCUT2D eigenvalue weighted by Crippen LogP contribution is 2.21. The molecule has 19 heavy (non-hydrogen) atoms. The Morgan fingerprint density at radius 3 is 2.42 bits per heavy atom. The van der Waals surface area contributed by atoms with Gasteiger partial charge < -0.3 is 9.80 Å². The van der Waals surface area contributed by atoms with E-state index < -0.39 is 24.7 Å². The summed E-state index contributed by atoms with van der Waals surface area (Å²) >= 11 is 0. The smallest absolute Gasteiger partial charge is 0.332 e. The molecule has 0 aromatic rings. The van der Waals surface area contributed by atoms with Gasteiger partial charge in [-0.05, 0) is 19.8 Å². The van der Waals surface area contributed by atoms with Crippen molar-refractivity contribution in [3.8, 4) is 0 Å². The summed E-state index contributed by atoms with van der Waals surface area (Å²) < 4.78 is 37.2. The largest absolute Gasteiger partial charge is 0.406 e. The molecule has 0 aromatic heterocycles. The number of likely N-dealkylation sites (N-methyl/N-ethyl adjacent to an activating group) is 1. The quantitative estimate of drug-likeness (QED) is 0.770. The first-order valence-electron chi connectivity index (χ1n) is 6.45. The Morgan fingerprint density at radius 2 is 2.05 bits per heavy atom. The molecule has 1 saturated heterocycles. The highest BCUT2D eigenvalue weighted by molar-refractivity contribution is 5.88. The van der Waals surface area contributed by atoms with Gasteiger partial charge in [0.1, 0.15) is 12.6 Å². The monoisotopic (exact) mass is 280 g/mol. The molecule has 1 atom stereocenters. The highest BCUT2D eigenvalue weighted by atomic mass is 19.4. The van der Waals surface area contributed by atoms with Crippen LogP contribution >= 0.6 is 0 Å². The number of carbonyl (C=O) groups is 2. The minimum Gasteiger partial charge on any atom is -0.332 e. The first-order valence-corrected chi connectivity index (χ1v) is 6.45. The van der Waals surface area contributed by atoms with E-state index in [9.17, 15) is 22.8 Å². The Hall–Kier alpha value is -1.27. The third-order valence-corrected chi connectivity index (χ3v) is 3.22. The van der Waals surface area contributed by atoms with Crippen molar-refractivity contribution in [1.29, 1.82) is 0 Å². The zero-order valence-corrected chi connectivity index (χ0v) is 11.2. The van der Waals surface area contributed by atoms with Gasteiger partial charge in [-0.1, -0.05) is 6.92 Å². The standard InChI is InChI=1S/C12H19F3N2O2/c1-3-9(17-7-5-6-10(17)18)11(19)16(4-2)8-12(13,14)15/h9H,3-8H2,1-2H3. The van der Waals surface area contributed by atoms with Crippen LogP contribution in [0, 0.1) is 0 Å². The lowest BCUT2D eigenvalue weighted by Crippen LogP contribution is -2.51. The Morgan fingerprint density at radius 1 is 1.42 bits per heavy atom. The molecular formula is C12H19F3N2O2. The predicted molar refractivity (Wildman–Crippen MR) is 63.3 cm³/mol. The fourth-order valence-electron chi connectivity index (χ4n) is 2.30. The van der Waals surface area contributed by atoms with Crippen molar-refractivity contribution < 1.29 is 22.8 Å². The van der Waals surface area contributed by atoms with E-state index in [1.807, 2.05) is 0 Å². The summed E-state index contributed by atoms with van der Waals surface area (Å²) in [5.41, 5.74) is 0. The van der Waals surface area contributed by atoms with E-state index in [1.165, 1.54) is 11.8 Å². The van der Waals surface area contributed by atoms with Crippen LogP contribution in [0.3, 0.4) is 0 Å². The van der Waals surface area contributed by atoms with E-state index in [4.69, 9.17) is 0 Å². The molecule has 1 fully saturated rings. The molecule has 0 aliphatic carbocycles. The van der Waals surface area contributed by atoms with Crippen molar-refractivity contribution >= 4 is 11.8 Å². The fraction of sp³-hybridized carbons (Fsp3) is 0.833. The Bertz CT molecular complexity index is 344. The number of halogens is 3. The Kier molecular flexibility index (Phi) is 5.20. The van der Waals surface area contributed by atoms with Gasteiger partial charge in [0, 0.05) is 19.5 Å². The maximum Gasteiger partial charge on any atom is 0.406 e. The summed E-state index contributed by atoms with van der Waals surface area (Å²) in [6.07, 6.45) is -3.05. The van der Waals surface area contributed by atoms with Crippen molar-refractivity contribution in [2.75, 3.05) is 19.6 Å². The molecule has 1 aliphatic heterocycles. The molecule has 1 aliphatic rings. The molecule has 1 heterocycles. The van der Waals surface area contributed by atoms with Crippen LogP contribution in [0.25, 0.3) is 0 Å². The van der Waals surface area contributed by atoms with E-state index in [0.29, 0.717) is 25.8 Å². The van der Waals surface area contributed by atoms with Gasteiger partial charge in [0.2, 0.25) is 11.8 Å². The van der Waals surface area contributed by atoms with Crippen LogP contribution in [0.5, 0.6) is 0 Å². The molecule has 0 bridgehead atoms. The summed E-state index contributed by atoms with van der Waals surface area (Å²) in [4.78, 5) is 25.9. The van der Waals surface area contributed by atoms with Gasteiger partial charge in [-0.25, -0.2) is 0 Å². The summed E-state index contributed by atoms with van der Waals surface area (Å²) in [5, 5.41) is 0. The Labute approximate surface area is 110 Å². The first kappa shape index (κ1) is 15.8. The first-order chi connectivity index (χ1) is 8.80. The highest BCUT2D eigenvalue weighted by Gasteiger charge is 2.38. The van der Waals surface area contributed by atoms with Crippen LogP contribution < -0.4 is 0 Å². The minimum atomic E-state index is -4.42. The molecule has 4 nitrogen and oxygen atoms in total. The van der Waals surface area contributed by atoms with Gasteiger partial charge in [0.05, 0.1) is 0 Å². The van der Waals surface area contributed by atoms with Crippen LogP contribution in [0.1, 0.15) is 33.1 Å². The molecule has 0 saturated carbocycles. The molecule has 0 aromatic carbocycles. The average molecular weight is 280 g/mol. The molecule has 0 radical (unpaired) electrons. The third kappa shape index (κ3) is 4.11. The van der Waals surface area contributed by atoms with Crippen molar-refractivity contribution in [2.45, 2.75) is 45.3 Å². The molecule has 0 spiro atoms. The number of nitrogens with zero attached hydrogens (tertiary/aromatic N) is 2. The van der Waals surface area contributed by atoms with Crippen LogP contribution in [-0.2, 0) is 9.59 Å². The van der Waals surface area contributed by atoms with Crippen molar-refractivity contribution in [1.82, 2.24) is 9.80 Å². The molecular weight excluding hydrogens is 261 g/mol. The fourth-order valence-corrected chi connectivity index (χ4v) is 2.30. The number of amides is 2. The van der Waals surface area contributed by atoms with Crippen LogP contribution in [-0.4, -0.2) is 53.5 Å². The minimum absolute atomic E-state index is 0.0170. The lowest BCUT2D eigenvalue weighted by atomic mass is 10.1. The zero-order chi connectivity index (χ0) is 14.6. The van der Waals surface area contributed by atoms with Crippen LogP contribution in [0.2, 0.25) is 0 Å². The predicted octanol–water partition coefficient (Wildman–Crippen LogP) is 1.80. The maximum absolute atomic E-state index is 12.4. The molecule has 1 rings (SSSR count). The lowest BCUT2D eigenvalue weighted by molar-refractivity contribution is -0.165. The van der Waals surface area contributed by atoms with Gasteiger partial charge in [-0.15, -0.1) is 0 Å². The molecule has 110 valence electrons. The summed E-state index contributed by atoms with van der Waals surface area (Å²) in [6, 6.07) is -0.766. The SMILES string of the molecule is CCC(C(=O)N(CC)CC(F)(F)F)N1CCCC1=O. The number of likely N-dealkylation sites (tertiary alicyclic amines) is 1. The second kappa shape index (κ2) is 6.25. The van der Waals surface area contributed by atoms with E-state index in [1.54, 1.807) is 6.92 Å². The number of carbonyl (C=O) groups excluding carboxylic acids is 2. The molecule has 0 N–H and O–H groups in total. The van der Waals surface area contributed by atoms with Crippen molar-refractivity contribution in [3.63, 3.8) is 0 Å². The van der Waals surface area contributed by atoms with Crippen molar-refractivity contribution in [3.05, 3.63) is 0 Å². The number of alkyl halides is 3. The second-order valence-corrected chi connectivity index (χ2v) is 4.58. The third-order valence-electron chi connectivity index (χ3n) is 3.22. The number of hydrogen-bond acceptors (Lipinski definition) is 2. The van der Waals surface area contributed by atoms with Crippen LogP contribution in [0.15, 0.2) is 0 Å². The average Bonchev–Trinajstić information content (AvgIpc) is 2.72. The van der Waals surface area contributed by atoms with Crippen LogP contribution in [0.4, 0.5) is 13.2 Å². The van der Waals surface area contributed by atoms with Gasteiger partial charge in [0.25, 0.3) is 0 Å². The topological polar surface area (TPSA) is 40.6 Å². The number of rotatable bonds is 5. The lowest BCUT2D eigenvalue weighted by Gasteiger charge is -2.31. The van der Waals surface area contributed by atoms with E-state index >= 15 is 0 Å². The van der Waals surface area contributed by atoms with Gasteiger partial charge in [-0.2, -0.15) is 13.2 Å².